The number of hydrogen-bond acceptors (Lipinski definition) is 1. The first kappa shape index (κ1) is 19.0. The monoisotopic (exact) mass is 350 g/mol. The van der Waals surface area contributed by atoms with Gasteiger partial charge in [0.05, 0.1) is 6.61 Å². The van der Waals surface area contributed by atoms with Crippen molar-refractivity contribution in [2.75, 3.05) is 6.61 Å². The Labute approximate surface area is 159 Å². The molecule has 1 aliphatic carbocycles. The van der Waals surface area contributed by atoms with Gasteiger partial charge in [-0.2, -0.15) is 0 Å². The summed E-state index contributed by atoms with van der Waals surface area (Å²) >= 11 is 0. The zero-order valence-electron chi connectivity index (χ0n) is 16.6. The molecule has 0 aliphatic heterocycles. The molecule has 0 saturated heterocycles. The van der Waals surface area contributed by atoms with Gasteiger partial charge in [-0.05, 0) is 71.7 Å². The lowest BCUT2D eigenvalue weighted by molar-refractivity contribution is 0.305. The van der Waals surface area contributed by atoms with Crippen LogP contribution in [-0.2, 0) is 0 Å². The summed E-state index contributed by atoms with van der Waals surface area (Å²) in [5, 5.41) is 2.59. The summed E-state index contributed by atoms with van der Waals surface area (Å²) in [4.78, 5) is 0. The quantitative estimate of drug-likeness (QED) is 0.419. The molecule has 0 N–H and O–H groups in total. The Morgan fingerprint density at radius 2 is 1.69 bits per heavy atom. The largest absolute Gasteiger partial charge is 0.494 e. The molecule has 2 aromatic carbocycles. The van der Waals surface area contributed by atoms with E-state index in [4.69, 9.17) is 4.74 Å². The predicted octanol–water partition coefficient (Wildman–Crippen LogP) is 7.78. The van der Waals surface area contributed by atoms with Gasteiger partial charge in [-0.25, -0.2) is 0 Å². The maximum absolute atomic E-state index is 5.97. The van der Waals surface area contributed by atoms with Gasteiger partial charge in [0.2, 0.25) is 0 Å². The average Bonchev–Trinajstić information content (AvgIpc) is 2.67. The fourth-order valence-electron chi connectivity index (χ4n) is 3.81. The van der Waals surface area contributed by atoms with Gasteiger partial charge in [-0.15, -0.1) is 0 Å². The molecule has 0 amide bonds. The first-order valence-electron chi connectivity index (χ1n) is 10.6. The highest BCUT2D eigenvalue weighted by molar-refractivity contribution is 5.87. The van der Waals surface area contributed by atoms with E-state index < -0.39 is 0 Å². The van der Waals surface area contributed by atoms with E-state index in [-0.39, 0.29) is 0 Å². The molecule has 0 aromatic heterocycles. The van der Waals surface area contributed by atoms with Gasteiger partial charge in [0.25, 0.3) is 0 Å². The van der Waals surface area contributed by atoms with E-state index in [1.54, 1.807) is 0 Å². The highest BCUT2D eigenvalue weighted by Gasteiger charge is 2.12. The molecule has 0 saturated carbocycles. The lowest BCUT2D eigenvalue weighted by Crippen LogP contribution is -2.01. The minimum atomic E-state index is 0.834. The van der Waals surface area contributed by atoms with E-state index in [9.17, 15) is 0 Å². The van der Waals surface area contributed by atoms with Gasteiger partial charge >= 0.3 is 0 Å². The summed E-state index contributed by atoms with van der Waals surface area (Å²) in [6.45, 7) is 5.44. The van der Waals surface area contributed by atoms with Crippen molar-refractivity contribution in [2.24, 2.45) is 5.92 Å². The summed E-state index contributed by atoms with van der Waals surface area (Å²) in [7, 11) is 0. The van der Waals surface area contributed by atoms with Crippen LogP contribution in [0.2, 0.25) is 0 Å². The van der Waals surface area contributed by atoms with Crippen LogP contribution >= 0.6 is 0 Å². The first-order valence-corrected chi connectivity index (χ1v) is 10.6. The van der Waals surface area contributed by atoms with Crippen molar-refractivity contribution in [3.63, 3.8) is 0 Å². The number of allylic oxidation sites excluding steroid dienone is 2. The minimum absolute atomic E-state index is 0.834. The number of benzene rings is 2. The van der Waals surface area contributed by atoms with Crippen molar-refractivity contribution in [3.8, 4) is 5.75 Å². The van der Waals surface area contributed by atoms with Crippen molar-refractivity contribution >= 4 is 16.3 Å². The van der Waals surface area contributed by atoms with E-state index in [1.165, 1.54) is 73.3 Å². The van der Waals surface area contributed by atoms with Crippen LogP contribution in [0.25, 0.3) is 16.3 Å². The summed E-state index contributed by atoms with van der Waals surface area (Å²) in [6.07, 6.45) is 14.0. The Bertz CT molecular complexity index is 728. The van der Waals surface area contributed by atoms with Crippen molar-refractivity contribution in [1.29, 1.82) is 0 Å². The van der Waals surface area contributed by atoms with E-state index in [2.05, 4.69) is 56.3 Å². The second-order valence-corrected chi connectivity index (χ2v) is 7.95. The molecule has 1 aliphatic rings. The molecule has 26 heavy (non-hydrogen) atoms. The highest BCUT2D eigenvalue weighted by Crippen LogP contribution is 2.32. The fraction of sp³-hybridized carbons (Fsp3) is 0.520. The molecule has 1 heteroatoms. The Morgan fingerprint density at radius 3 is 2.50 bits per heavy atom. The summed E-state index contributed by atoms with van der Waals surface area (Å²) in [5.74, 6) is 1.84. The molecule has 1 unspecified atom stereocenters. The van der Waals surface area contributed by atoms with E-state index in [1.807, 2.05) is 0 Å². The fourth-order valence-corrected chi connectivity index (χ4v) is 3.81. The SMILES string of the molecule is CCCCCCCCOc1ccc2cc(C3=CCC(C)CC3)ccc2c1. The summed E-state index contributed by atoms with van der Waals surface area (Å²) in [5.41, 5.74) is 2.92. The number of hydrogen-bond donors (Lipinski definition) is 0. The van der Waals surface area contributed by atoms with Crippen molar-refractivity contribution in [1.82, 2.24) is 0 Å². The Kier molecular flexibility index (Phi) is 7.17. The molecule has 0 bridgehead atoms. The third-order valence-corrected chi connectivity index (χ3v) is 5.62. The van der Waals surface area contributed by atoms with Crippen molar-refractivity contribution < 1.29 is 4.74 Å². The number of unbranched alkanes of at least 4 members (excludes halogenated alkanes) is 5. The van der Waals surface area contributed by atoms with E-state index >= 15 is 0 Å². The molecule has 140 valence electrons. The average molecular weight is 351 g/mol. The van der Waals surface area contributed by atoms with Crippen LogP contribution in [-0.4, -0.2) is 6.61 Å². The molecule has 0 fully saturated rings. The minimum Gasteiger partial charge on any atom is -0.494 e. The smallest absolute Gasteiger partial charge is 0.119 e. The van der Waals surface area contributed by atoms with Crippen LogP contribution in [0.4, 0.5) is 0 Å². The van der Waals surface area contributed by atoms with Crippen LogP contribution in [0.1, 0.15) is 77.2 Å². The molecule has 1 atom stereocenters. The molecule has 2 aromatic rings. The van der Waals surface area contributed by atoms with Gasteiger partial charge in [0, 0.05) is 0 Å². The lowest BCUT2D eigenvalue weighted by Gasteiger charge is -2.18. The van der Waals surface area contributed by atoms with Gasteiger partial charge in [-0.3, -0.25) is 0 Å². The molecular formula is C25H34O. The lowest BCUT2D eigenvalue weighted by atomic mass is 9.87. The molecule has 1 nitrogen and oxygen atoms in total. The van der Waals surface area contributed by atoms with Gasteiger partial charge in [0.1, 0.15) is 5.75 Å². The second-order valence-electron chi connectivity index (χ2n) is 7.95. The summed E-state index contributed by atoms with van der Waals surface area (Å²) < 4.78 is 5.97. The normalized spacial score (nSPS) is 17.3. The van der Waals surface area contributed by atoms with Gasteiger partial charge < -0.3 is 4.74 Å². The maximum atomic E-state index is 5.97. The zero-order chi connectivity index (χ0) is 18.2. The van der Waals surface area contributed by atoms with Crippen LogP contribution < -0.4 is 4.74 Å². The van der Waals surface area contributed by atoms with Crippen molar-refractivity contribution in [2.45, 2.75) is 71.6 Å². The molecular weight excluding hydrogens is 316 g/mol. The number of fused-ring (bicyclic) bond motifs is 1. The standard InChI is InChI=1S/C25H34O/c1-3-4-5-6-7-8-17-26-25-16-15-23-18-22(13-14-24(23)19-25)21-11-9-20(2)10-12-21/h11,13-16,18-20H,3-10,12,17H2,1-2H3. The Balaban J connectivity index is 1.55. The highest BCUT2D eigenvalue weighted by atomic mass is 16.5. The van der Waals surface area contributed by atoms with Crippen molar-refractivity contribution in [3.05, 3.63) is 48.0 Å². The van der Waals surface area contributed by atoms with E-state index in [0.717, 1.165) is 24.7 Å². The molecule has 0 heterocycles. The third kappa shape index (κ3) is 5.37. The molecule has 3 rings (SSSR count). The topological polar surface area (TPSA) is 9.23 Å². The van der Waals surface area contributed by atoms with Crippen LogP contribution in [0.5, 0.6) is 5.75 Å². The Morgan fingerprint density at radius 1 is 0.923 bits per heavy atom. The number of rotatable bonds is 9. The maximum Gasteiger partial charge on any atom is 0.119 e. The summed E-state index contributed by atoms with van der Waals surface area (Å²) in [6, 6.07) is 13.4. The van der Waals surface area contributed by atoms with Crippen LogP contribution in [0, 0.1) is 5.92 Å². The Hall–Kier alpha value is -1.76. The van der Waals surface area contributed by atoms with Gasteiger partial charge in [-0.1, -0.05) is 70.2 Å². The van der Waals surface area contributed by atoms with Crippen LogP contribution in [0.3, 0.4) is 0 Å². The van der Waals surface area contributed by atoms with Gasteiger partial charge in [0.15, 0.2) is 0 Å². The number of ether oxygens (including phenoxy) is 1. The van der Waals surface area contributed by atoms with Crippen LogP contribution in [0.15, 0.2) is 42.5 Å². The first-order chi connectivity index (χ1) is 12.8. The predicted molar refractivity (Wildman–Crippen MR) is 114 cm³/mol. The zero-order valence-corrected chi connectivity index (χ0v) is 16.6. The molecule has 0 radical (unpaired) electrons. The third-order valence-electron chi connectivity index (χ3n) is 5.62. The second kappa shape index (κ2) is 9.80. The molecule has 0 spiro atoms. The van der Waals surface area contributed by atoms with E-state index in [0.29, 0.717) is 0 Å².